The Hall–Kier alpha value is -9.70. The van der Waals surface area contributed by atoms with Gasteiger partial charge in [-0.15, -0.1) is 0 Å². The van der Waals surface area contributed by atoms with Crippen molar-refractivity contribution in [3.63, 3.8) is 0 Å². The summed E-state index contributed by atoms with van der Waals surface area (Å²) >= 11 is 0. The number of nitriles is 2. The number of hydrogen-bond donors (Lipinski definition) is 6. The van der Waals surface area contributed by atoms with Crippen molar-refractivity contribution in [3.05, 3.63) is 189 Å². The lowest BCUT2D eigenvalue weighted by Crippen LogP contribution is -2.44. The molecule has 2 aromatic heterocycles. The highest BCUT2D eigenvalue weighted by Gasteiger charge is 2.41. The minimum Gasteiger partial charge on any atom is -0.494 e. The van der Waals surface area contributed by atoms with Gasteiger partial charge in [-0.3, -0.25) is 19.4 Å². The number of carbonyl (C=O) groups is 4. The molecule has 0 unspecified atom stereocenters. The molecule has 9 rings (SSSR count). The third-order valence-corrected chi connectivity index (χ3v) is 12.4. The van der Waals surface area contributed by atoms with E-state index in [2.05, 4.69) is 21.3 Å². The van der Waals surface area contributed by atoms with E-state index in [9.17, 15) is 66.3 Å². The second-order valence-electron chi connectivity index (χ2n) is 17.0. The van der Waals surface area contributed by atoms with Gasteiger partial charge in [0.15, 0.2) is 11.8 Å². The predicted molar refractivity (Wildman–Crippen MR) is 254 cm³/mol. The van der Waals surface area contributed by atoms with Crippen LogP contribution in [0.3, 0.4) is 0 Å². The van der Waals surface area contributed by atoms with E-state index >= 15 is 0 Å². The first-order valence-electron chi connectivity index (χ1n) is 22.4. The van der Waals surface area contributed by atoms with E-state index in [1.807, 2.05) is 12.1 Å². The van der Waals surface area contributed by atoms with E-state index in [1.165, 1.54) is 82.2 Å². The van der Waals surface area contributed by atoms with Crippen LogP contribution in [0.1, 0.15) is 77.3 Å². The highest BCUT2D eigenvalue weighted by Crippen LogP contribution is 2.47. The maximum atomic E-state index is 13.7. The first-order valence-corrected chi connectivity index (χ1v) is 22.4. The largest absolute Gasteiger partial charge is 0.494 e. The van der Waals surface area contributed by atoms with Gasteiger partial charge in [-0.2, -0.15) is 36.9 Å². The number of amides is 6. The van der Waals surface area contributed by atoms with Gasteiger partial charge in [-0.05, 0) is 96.1 Å². The number of alkyl halides is 6. The average molecular weight is 1010 g/mol. The Bertz CT molecular complexity index is 3200. The molecule has 0 aliphatic carbocycles. The molecule has 0 bridgehead atoms. The molecule has 74 heavy (non-hydrogen) atoms. The van der Waals surface area contributed by atoms with Crippen LogP contribution in [0.15, 0.2) is 134 Å². The van der Waals surface area contributed by atoms with Crippen molar-refractivity contribution in [1.82, 2.24) is 30.4 Å². The minimum absolute atomic E-state index is 0.0676. The molecule has 6 amide bonds. The quantitative estimate of drug-likeness (QED) is 0.0646. The predicted octanol–water partition coefficient (Wildman–Crippen LogP) is 9.24. The molecule has 6 N–H and O–H groups in total. The fourth-order valence-corrected chi connectivity index (χ4v) is 8.80. The summed E-state index contributed by atoms with van der Waals surface area (Å²) in [5.74, 6) is -1.83. The third kappa shape index (κ3) is 9.58. The smallest absolute Gasteiger partial charge is 0.416 e. The van der Waals surface area contributed by atoms with Gasteiger partial charge in [-0.25, -0.2) is 9.59 Å². The molecule has 5 aromatic carbocycles. The minimum atomic E-state index is -4.72. The second kappa shape index (κ2) is 19.5. The number of rotatable bonds is 12. The van der Waals surface area contributed by atoms with Gasteiger partial charge in [0.05, 0.1) is 80.4 Å². The molecular formula is C52H38F6N10O6. The Balaban J connectivity index is 0.873. The summed E-state index contributed by atoms with van der Waals surface area (Å²) in [6, 6.07) is 26.6. The number of nitrogens with one attached hydrogen (secondary N) is 4. The summed E-state index contributed by atoms with van der Waals surface area (Å²) in [5.41, 5.74) is 0.0897. The molecule has 0 fully saturated rings. The van der Waals surface area contributed by atoms with Crippen LogP contribution in [0.5, 0.6) is 11.8 Å². The van der Waals surface area contributed by atoms with Gasteiger partial charge in [0.25, 0.3) is 11.8 Å². The zero-order valence-electron chi connectivity index (χ0n) is 38.2. The van der Waals surface area contributed by atoms with Crippen LogP contribution in [-0.2, 0) is 25.4 Å². The molecule has 0 radical (unpaired) electrons. The topological polar surface area (TPSA) is 221 Å². The van der Waals surface area contributed by atoms with Crippen LogP contribution < -0.4 is 31.1 Å². The number of aromatic nitrogens is 2. The Morgan fingerprint density at radius 2 is 0.932 bits per heavy atom. The Morgan fingerprint density at radius 1 is 0.568 bits per heavy atom. The maximum Gasteiger partial charge on any atom is 0.416 e. The molecule has 0 spiro atoms. The van der Waals surface area contributed by atoms with Gasteiger partial charge < -0.3 is 40.6 Å². The molecular weight excluding hydrogens is 975 g/mol. The summed E-state index contributed by atoms with van der Waals surface area (Å²) in [6.07, 6.45) is -6.67. The highest BCUT2D eigenvalue weighted by atomic mass is 19.4. The van der Waals surface area contributed by atoms with Gasteiger partial charge in [0.2, 0.25) is 0 Å². The number of fused-ring (bicyclic) bond motifs is 2. The molecule has 374 valence electrons. The van der Waals surface area contributed by atoms with Crippen molar-refractivity contribution < 1.29 is 55.7 Å². The lowest BCUT2D eigenvalue weighted by Gasteiger charge is -2.33. The van der Waals surface area contributed by atoms with Crippen LogP contribution in [-0.4, -0.2) is 56.3 Å². The Kier molecular flexibility index (Phi) is 13.0. The normalized spacial score (nSPS) is 15.2. The van der Waals surface area contributed by atoms with E-state index in [-0.39, 0.29) is 82.9 Å². The Labute approximate surface area is 415 Å². The van der Waals surface area contributed by atoms with Crippen LogP contribution >= 0.6 is 0 Å². The van der Waals surface area contributed by atoms with Gasteiger partial charge in [0, 0.05) is 49.7 Å². The third-order valence-electron chi connectivity index (χ3n) is 12.4. The summed E-state index contributed by atoms with van der Waals surface area (Å²) in [6.45, 7) is -0.301. The SMILES string of the molecule is N#Cc1ccc([C@H]2NC(=O)N(c3cccc(C(F)(F)F)c3)c3cn(CCNC(=O)c4ccc(C(=O)NCCn5cc6c(c5O)[C@@H](c5ccc(C#N)cc5)NC(=O)N6c5cccc(C(F)(F)F)c5)cc4)c(O)c32)cc1. The van der Waals surface area contributed by atoms with Crippen molar-refractivity contribution in [2.75, 3.05) is 22.9 Å². The number of anilines is 4. The molecule has 2 aliphatic rings. The zero-order chi connectivity index (χ0) is 52.6. The van der Waals surface area contributed by atoms with Crippen molar-refractivity contribution in [3.8, 4) is 23.9 Å². The second-order valence-corrected chi connectivity index (χ2v) is 17.0. The monoisotopic (exact) mass is 1010 g/mol. The van der Waals surface area contributed by atoms with E-state index in [0.29, 0.717) is 22.3 Å². The Morgan fingerprint density at radius 3 is 1.27 bits per heavy atom. The first kappa shape index (κ1) is 49.3. The fraction of sp³-hybridized carbons (Fsp3) is 0.154. The van der Waals surface area contributed by atoms with E-state index in [1.54, 1.807) is 24.3 Å². The summed E-state index contributed by atoms with van der Waals surface area (Å²) < 4.78 is 85.0. The van der Waals surface area contributed by atoms with Crippen LogP contribution in [0, 0.1) is 22.7 Å². The molecule has 2 atom stereocenters. The number of aromatic hydroxyl groups is 2. The summed E-state index contributed by atoms with van der Waals surface area (Å²) in [5, 5.41) is 52.7. The number of halogens is 6. The van der Waals surface area contributed by atoms with Crippen molar-refractivity contribution >= 4 is 46.6 Å². The molecule has 0 saturated carbocycles. The first-order chi connectivity index (χ1) is 35.3. The fourth-order valence-electron chi connectivity index (χ4n) is 8.80. The van der Waals surface area contributed by atoms with E-state index in [4.69, 9.17) is 0 Å². The molecule has 0 saturated heterocycles. The maximum absolute atomic E-state index is 13.7. The van der Waals surface area contributed by atoms with Gasteiger partial charge >= 0.3 is 24.4 Å². The highest BCUT2D eigenvalue weighted by molar-refractivity contribution is 6.04. The van der Waals surface area contributed by atoms with Crippen LogP contribution in [0.2, 0.25) is 0 Å². The number of nitrogens with zero attached hydrogens (tertiary/aromatic N) is 6. The standard InChI is InChI=1S/C52H38F6N10O6/c53-51(54,55)35-3-1-5-37(23-35)67-39-27-65(47(71)41(39)43(63-49(67)73)31-11-7-29(25-59)8-12-31)21-19-61-45(69)33-15-17-34(18-16-33)46(70)62-20-22-66-28-40-42(48(66)72)44(32-13-9-30(26-60)10-14-32)64-50(74)68(40)38-6-2-4-36(24-38)52(56,57)58/h1-18,23-24,27-28,43-44,71-72H,19-22H2,(H,61,69)(H,62,70)(H,63,73)(H,64,74)/t43-,44-/m1/s1. The van der Waals surface area contributed by atoms with E-state index in [0.717, 1.165) is 46.2 Å². The zero-order valence-corrected chi connectivity index (χ0v) is 38.2. The van der Waals surface area contributed by atoms with Crippen molar-refractivity contribution in [2.24, 2.45) is 0 Å². The lowest BCUT2D eigenvalue weighted by molar-refractivity contribution is -0.138. The molecule has 7 aromatic rings. The number of urea groups is 2. The van der Waals surface area contributed by atoms with Crippen LogP contribution in [0.25, 0.3) is 0 Å². The van der Waals surface area contributed by atoms with Gasteiger partial charge in [0.1, 0.15) is 0 Å². The molecule has 16 nitrogen and oxygen atoms in total. The molecule has 2 aliphatic heterocycles. The molecule has 22 heteroatoms. The van der Waals surface area contributed by atoms with Crippen molar-refractivity contribution in [1.29, 1.82) is 10.5 Å². The van der Waals surface area contributed by atoms with Crippen LogP contribution in [0.4, 0.5) is 58.7 Å². The van der Waals surface area contributed by atoms with Crippen molar-refractivity contribution in [2.45, 2.75) is 37.5 Å². The number of hydrogen-bond acceptors (Lipinski definition) is 8. The summed E-state index contributed by atoms with van der Waals surface area (Å²) in [7, 11) is 0. The number of benzene rings is 5. The summed E-state index contributed by atoms with van der Waals surface area (Å²) in [4.78, 5) is 55.8. The van der Waals surface area contributed by atoms with E-state index < -0.39 is 59.4 Å². The van der Waals surface area contributed by atoms with Gasteiger partial charge in [-0.1, -0.05) is 36.4 Å². The molecule has 4 heterocycles. The number of carbonyl (C=O) groups excluding carboxylic acids is 4. The average Bonchev–Trinajstić information content (AvgIpc) is 3.89. The lowest BCUT2D eigenvalue weighted by atomic mass is 9.96.